The Balaban J connectivity index is 2.39. The largest absolute Gasteiger partial charge is 0.481 e. The Morgan fingerprint density at radius 3 is 2.60 bits per heavy atom. The lowest BCUT2D eigenvalue weighted by atomic mass is 10.1. The predicted molar refractivity (Wildman–Crippen MR) is 53.4 cm³/mol. The van der Waals surface area contributed by atoms with Crippen LogP contribution in [0.4, 0.5) is 0 Å². The third-order valence-electron chi connectivity index (χ3n) is 2.66. The van der Waals surface area contributed by atoms with Crippen molar-refractivity contribution in [2.24, 2.45) is 5.92 Å². The van der Waals surface area contributed by atoms with E-state index in [1.54, 1.807) is 0 Å². The van der Waals surface area contributed by atoms with E-state index < -0.39 is 17.8 Å². The van der Waals surface area contributed by atoms with Crippen LogP contribution in [0.3, 0.4) is 0 Å². The van der Waals surface area contributed by atoms with Gasteiger partial charge in [-0.05, 0) is 26.7 Å². The van der Waals surface area contributed by atoms with Gasteiger partial charge in [-0.3, -0.25) is 9.59 Å². The van der Waals surface area contributed by atoms with Crippen LogP contribution in [-0.4, -0.2) is 35.7 Å². The maximum atomic E-state index is 11.4. The summed E-state index contributed by atoms with van der Waals surface area (Å²) in [6, 6.07) is -0.123. The highest BCUT2D eigenvalue weighted by molar-refractivity contribution is 5.96. The maximum absolute atomic E-state index is 11.4. The summed E-state index contributed by atoms with van der Waals surface area (Å²) in [4.78, 5) is 22.0. The van der Waals surface area contributed by atoms with E-state index in [-0.39, 0.29) is 12.1 Å². The standard InChI is InChI=1S/C10H17NO4/c1-6(10(13)14)9(12)11-7(2)8-4-3-5-15-8/h6-8H,3-5H2,1-2H3,(H,11,12)(H,13,14). The first kappa shape index (κ1) is 12.0. The summed E-state index contributed by atoms with van der Waals surface area (Å²) in [5.74, 6) is -2.56. The number of amides is 1. The fraction of sp³-hybridized carbons (Fsp3) is 0.800. The van der Waals surface area contributed by atoms with Gasteiger partial charge in [0.1, 0.15) is 5.92 Å². The Hall–Kier alpha value is -1.10. The summed E-state index contributed by atoms with van der Waals surface area (Å²) >= 11 is 0. The molecule has 1 amide bonds. The number of rotatable bonds is 4. The lowest BCUT2D eigenvalue weighted by Gasteiger charge is -2.20. The number of nitrogens with one attached hydrogen (secondary N) is 1. The molecule has 0 aromatic carbocycles. The van der Waals surface area contributed by atoms with E-state index in [0.29, 0.717) is 0 Å². The number of hydrogen-bond donors (Lipinski definition) is 2. The summed E-state index contributed by atoms with van der Waals surface area (Å²) in [5, 5.41) is 11.3. The summed E-state index contributed by atoms with van der Waals surface area (Å²) in [6.07, 6.45) is 1.94. The minimum absolute atomic E-state index is 0.0231. The smallest absolute Gasteiger partial charge is 0.315 e. The minimum atomic E-state index is -1.10. The second kappa shape index (κ2) is 5.11. The molecule has 0 radical (unpaired) electrons. The molecule has 1 rings (SSSR count). The average Bonchev–Trinajstić information content (AvgIpc) is 2.68. The Labute approximate surface area is 88.8 Å². The summed E-state index contributed by atoms with van der Waals surface area (Å²) in [5.41, 5.74) is 0. The van der Waals surface area contributed by atoms with E-state index in [1.807, 2.05) is 6.92 Å². The first-order chi connectivity index (χ1) is 7.02. The Morgan fingerprint density at radius 2 is 2.13 bits per heavy atom. The molecule has 0 aromatic rings. The van der Waals surface area contributed by atoms with Crippen LogP contribution >= 0.6 is 0 Å². The number of carbonyl (C=O) groups excluding carboxylic acids is 1. The first-order valence-electron chi connectivity index (χ1n) is 5.17. The van der Waals surface area contributed by atoms with Crippen molar-refractivity contribution in [3.63, 3.8) is 0 Å². The fourth-order valence-corrected chi connectivity index (χ4v) is 1.55. The van der Waals surface area contributed by atoms with Crippen LogP contribution in [0.15, 0.2) is 0 Å². The maximum Gasteiger partial charge on any atom is 0.315 e. The molecular weight excluding hydrogens is 198 g/mol. The lowest BCUT2D eigenvalue weighted by Crippen LogP contribution is -2.44. The lowest BCUT2D eigenvalue weighted by molar-refractivity contribution is -0.146. The number of aliphatic carboxylic acids is 1. The van der Waals surface area contributed by atoms with Crippen LogP contribution in [0.1, 0.15) is 26.7 Å². The summed E-state index contributed by atoms with van der Waals surface area (Å²) in [7, 11) is 0. The van der Waals surface area contributed by atoms with Gasteiger partial charge in [0.2, 0.25) is 5.91 Å². The molecule has 5 heteroatoms. The van der Waals surface area contributed by atoms with Crippen molar-refractivity contribution in [1.82, 2.24) is 5.32 Å². The molecule has 3 unspecified atom stereocenters. The molecule has 0 spiro atoms. The molecule has 2 N–H and O–H groups in total. The van der Waals surface area contributed by atoms with E-state index >= 15 is 0 Å². The van der Waals surface area contributed by atoms with Crippen molar-refractivity contribution < 1.29 is 19.4 Å². The quantitative estimate of drug-likeness (QED) is 0.665. The molecule has 5 nitrogen and oxygen atoms in total. The fourth-order valence-electron chi connectivity index (χ4n) is 1.55. The van der Waals surface area contributed by atoms with E-state index in [2.05, 4.69) is 5.32 Å². The molecule has 0 bridgehead atoms. The topological polar surface area (TPSA) is 75.6 Å². The predicted octanol–water partition coefficient (Wildman–Crippen LogP) is 0.391. The van der Waals surface area contributed by atoms with Gasteiger partial charge in [0.15, 0.2) is 0 Å². The average molecular weight is 215 g/mol. The van der Waals surface area contributed by atoms with Gasteiger partial charge in [-0.1, -0.05) is 0 Å². The molecular formula is C10H17NO4. The molecule has 1 heterocycles. The summed E-state index contributed by atoms with van der Waals surface area (Å²) < 4.78 is 5.39. The van der Waals surface area contributed by atoms with Gasteiger partial charge in [0.25, 0.3) is 0 Å². The molecule has 1 saturated heterocycles. The van der Waals surface area contributed by atoms with E-state index in [0.717, 1.165) is 19.4 Å². The number of hydrogen-bond acceptors (Lipinski definition) is 3. The Morgan fingerprint density at radius 1 is 1.47 bits per heavy atom. The SMILES string of the molecule is CC(C(=O)O)C(=O)NC(C)C1CCCO1. The van der Waals surface area contributed by atoms with E-state index in [9.17, 15) is 9.59 Å². The molecule has 86 valence electrons. The molecule has 15 heavy (non-hydrogen) atoms. The monoisotopic (exact) mass is 215 g/mol. The summed E-state index contributed by atoms with van der Waals surface area (Å²) in [6.45, 7) is 3.93. The van der Waals surface area contributed by atoms with Gasteiger partial charge < -0.3 is 15.2 Å². The van der Waals surface area contributed by atoms with Gasteiger partial charge >= 0.3 is 5.97 Å². The zero-order chi connectivity index (χ0) is 11.4. The second-order valence-corrected chi connectivity index (χ2v) is 3.91. The Kier molecular flexibility index (Phi) is 4.08. The van der Waals surface area contributed by atoms with E-state index in [1.165, 1.54) is 6.92 Å². The molecule has 3 atom stereocenters. The highest BCUT2D eigenvalue weighted by Crippen LogP contribution is 2.15. The van der Waals surface area contributed by atoms with Crippen LogP contribution < -0.4 is 5.32 Å². The van der Waals surface area contributed by atoms with Crippen molar-refractivity contribution in [1.29, 1.82) is 0 Å². The first-order valence-corrected chi connectivity index (χ1v) is 5.17. The van der Waals surface area contributed by atoms with Crippen molar-refractivity contribution in [2.45, 2.75) is 38.8 Å². The van der Waals surface area contributed by atoms with Gasteiger partial charge in [0, 0.05) is 6.61 Å². The number of ether oxygens (including phenoxy) is 1. The molecule has 1 aliphatic heterocycles. The van der Waals surface area contributed by atoms with Crippen molar-refractivity contribution in [3.8, 4) is 0 Å². The zero-order valence-corrected chi connectivity index (χ0v) is 9.03. The van der Waals surface area contributed by atoms with Crippen LogP contribution in [0.25, 0.3) is 0 Å². The molecule has 0 aliphatic carbocycles. The number of carbonyl (C=O) groups is 2. The second-order valence-electron chi connectivity index (χ2n) is 3.91. The van der Waals surface area contributed by atoms with Crippen LogP contribution in [-0.2, 0) is 14.3 Å². The third kappa shape index (κ3) is 3.20. The van der Waals surface area contributed by atoms with Crippen LogP contribution in [0.2, 0.25) is 0 Å². The molecule has 0 saturated carbocycles. The molecule has 0 aromatic heterocycles. The number of carboxylic acids is 1. The van der Waals surface area contributed by atoms with Gasteiger partial charge in [-0.15, -0.1) is 0 Å². The van der Waals surface area contributed by atoms with Crippen LogP contribution in [0.5, 0.6) is 0 Å². The Bertz CT molecular complexity index is 248. The van der Waals surface area contributed by atoms with Gasteiger partial charge in [0.05, 0.1) is 12.1 Å². The van der Waals surface area contributed by atoms with Gasteiger partial charge in [-0.25, -0.2) is 0 Å². The normalized spacial score (nSPS) is 24.5. The highest BCUT2D eigenvalue weighted by Gasteiger charge is 2.27. The highest BCUT2D eigenvalue weighted by atomic mass is 16.5. The molecule has 1 fully saturated rings. The van der Waals surface area contributed by atoms with Gasteiger partial charge in [-0.2, -0.15) is 0 Å². The van der Waals surface area contributed by atoms with Crippen molar-refractivity contribution in [2.75, 3.05) is 6.61 Å². The van der Waals surface area contributed by atoms with Crippen molar-refractivity contribution in [3.05, 3.63) is 0 Å². The molecule has 1 aliphatic rings. The van der Waals surface area contributed by atoms with E-state index in [4.69, 9.17) is 9.84 Å². The third-order valence-corrected chi connectivity index (χ3v) is 2.66. The van der Waals surface area contributed by atoms with Crippen molar-refractivity contribution >= 4 is 11.9 Å². The van der Waals surface area contributed by atoms with Crippen LogP contribution in [0, 0.1) is 5.92 Å². The minimum Gasteiger partial charge on any atom is -0.481 e. The number of carboxylic acid groups (broad SMARTS) is 1. The zero-order valence-electron chi connectivity index (χ0n) is 9.03.